The number of urea groups is 1. The molecule has 31 heavy (non-hydrogen) atoms. The third-order valence-corrected chi connectivity index (χ3v) is 5.16. The largest absolute Gasteiger partial charge is 0.475 e. The first kappa shape index (κ1) is 21.0. The molecule has 0 unspecified atom stereocenters. The van der Waals surface area contributed by atoms with Crippen LogP contribution in [0.4, 0.5) is 35.2 Å². The molecule has 2 aromatic rings. The number of nitrogens with two attached hydrogens (primary N) is 1. The Bertz CT molecular complexity index is 1050. The van der Waals surface area contributed by atoms with E-state index in [0.29, 0.717) is 10.6 Å². The molecule has 0 spiro atoms. The fraction of sp³-hybridized carbons (Fsp3) is 0.333. The van der Waals surface area contributed by atoms with E-state index in [2.05, 4.69) is 9.97 Å². The molecule has 1 aromatic heterocycles. The van der Waals surface area contributed by atoms with Crippen LogP contribution in [0.5, 0.6) is 5.88 Å². The number of rotatable bonds is 3. The third kappa shape index (κ3) is 4.02. The number of benzene rings is 1. The Hall–Kier alpha value is -3.28. The molecule has 3 amide bonds. The lowest BCUT2D eigenvalue weighted by atomic mass is 10.2. The fourth-order valence-corrected chi connectivity index (χ4v) is 3.74. The molecule has 4 rings (SSSR count). The molecule has 2 N–H and O–H groups in total. The second kappa shape index (κ2) is 7.76. The number of alkyl halides is 3. The molecule has 0 saturated carbocycles. The predicted octanol–water partition coefficient (Wildman–Crippen LogP) is 2.56. The van der Waals surface area contributed by atoms with Crippen LogP contribution in [-0.2, 0) is 0 Å². The molecular weight excluding hydrogens is 441 g/mol. The van der Waals surface area contributed by atoms with Crippen molar-refractivity contribution in [2.75, 3.05) is 48.3 Å². The van der Waals surface area contributed by atoms with Crippen LogP contribution >= 0.6 is 11.6 Å². The smallest absolute Gasteiger partial charge is 0.406 e. The number of hydrogen-bond donors (Lipinski definition) is 1. The first-order valence-electron chi connectivity index (χ1n) is 9.13. The van der Waals surface area contributed by atoms with Gasteiger partial charge in [0, 0.05) is 18.8 Å². The standard InChI is InChI=1S/C18H16ClF3N6O3/c19-11-7-10(27-5-6-31-15-13(16(27)29)14(23)24-9-25-15)1-2-12(11)28-4-3-26(17(28)30)8-18(20,21)22/h1-2,7,9H,3-6,8H2,(H2,23,24,25). The Morgan fingerprint density at radius 2 is 1.90 bits per heavy atom. The summed E-state index contributed by atoms with van der Waals surface area (Å²) >= 11 is 6.34. The van der Waals surface area contributed by atoms with Gasteiger partial charge in [0.05, 0.1) is 17.3 Å². The van der Waals surface area contributed by atoms with Gasteiger partial charge in [-0.25, -0.2) is 14.8 Å². The molecule has 1 aromatic carbocycles. The summed E-state index contributed by atoms with van der Waals surface area (Å²) in [5, 5.41) is 0.107. The van der Waals surface area contributed by atoms with Gasteiger partial charge in [-0.2, -0.15) is 13.2 Å². The van der Waals surface area contributed by atoms with Crippen molar-refractivity contribution in [1.29, 1.82) is 0 Å². The number of anilines is 3. The van der Waals surface area contributed by atoms with E-state index in [1.54, 1.807) is 6.07 Å². The highest BCUT2D eigenvalue weighted by molar-refractivity contribution is 6.34. The minimum absolute atomic E-state index is 0.0257. The van der Waals surface area contributed by atoms with Crippen LogP contribution in [0.15, 0.2) is 24.5 Å². The van der Waals surface area contributed by atoms with Gasteiger partial charge < -0.3 is 20.3 Å². The number of carbonyl (C=O) groups excluding carboxylic acids is 2. The van der Waals surface area contributed by atoms with Gasteiger partial charge in [-0.3, -0.25) is 9.69 Å². The lowest BCUT2D eigenvalue weighted by Gasteiger charge is -2.23. The van der Waals surface area contributed by atoms with E-state index in [1.807, 2.05) is 0 Å². The highest BCUT2D eigenvalue weighted by Gasteiger charge is 2.39. The molecule has 3 heterocycles. The van der Waals surface area contributed by atoms with Crippen LogP contribution < -0.4 is 20.3 Å². The normalized spacial score (nSPS) is 17.0. The number of halogens is 4. The van der Waals surface area contributed by atoms with Gasteiger partial charge in [0.1, 0.15) is 30.9 Å². The summed E-state index contributed by atoms with van der Waals surface area (Å²) in [5.41, 5.74) is 6.49. The molecule has 1 saturated heterocycles. The van der Waals surface area contributed by atoms with Crippen molar-refractivity contribution in [3.05, 3.63) is 35.1 Å². The summed E-state index contributed by atoms with van der Waals surface area (Å²) in [4.78, 5) is 36.4. The zero-order valence-electron chi connectivity index (χ0n) is 15.9. The molecule has 0 radical (unpaired) electrons. The highest BCUT2D eigenvalue weighted by Crippen LogP contribution is 2.35. The Labute approximate surface area is 179 Å². The molecule has 2 aliphatic heterocycles. The predicted molar refractivity (Wildman–Crippen MR) is 105 cm³/mol. The molecule has 164 valence electrons. The van der Waals surface area contributed by atoms with E-state index < -0.39 is 24.7 Å². The van der Waals surface area contributed by atoms with Crippen molar-refractivity contribution in [1.82, 2.24) is 14.9 Å². The Balaban J connectivity index is 1.59. The number of fused-ring (bicyclic) bond motifs is 1. The van der Waals surface area contributed by atoms with Crippen molar-refractivity contribution in [3.63, 3.8) is 0 Å². The zero-order chi connectivity index (χ0) is 22.3. The summed E-state index contributed by atoms with van der Waals surface area (Å²) in [7, 11) is 0. The van der Waals surface area contributed by atoms with Gasteiger partial charge in [-0.15, -0.1) is 0 Å². The maximum Gasteiger partial charge on any atom is 0.406 e. The lowest BCUT2D eigenvalue weighted by Crippen LogP contribution is -2.38. The van der Waals surface area contributed by atoms with Crippen molar-refractivity contribution in [2.24, 2.45) is 0 Å². The van der Waals surface area contributed by atoms with Crippen LogP contribution in [0.1, 0.15) is 10.4 Å². The van der Waals surface area contributed by atoms with Crippen LogP contribution in [0.25, 0.3) is 0 Å². The van der Waals surface area contributed by atoms with Crippen molar-refractivity contribution in [3.8, 4) is 5.88 Å². The van der Waals surface area contributed by atoms with Crippen molar-refractivity contribution in [2.45, 2.75) is 6.18 Å². The summed E-state index contributed by atoms with van der Waals surface area (Å²) in [6.07, 6.45) is -3.30. The SMILES string of the molecule is Nc1ncnc2c1C(=O)N(c1ccc(N3CCN(CC(F)(F)F)C3=O)c(Cl)c1)CCO2. The van der Waals surface area contributed by atoms with E-state index in [1.165, 1.54) is 28.3 Å². The lowest BCUT2D eigenvalue weighted by molar-refractivity contribution is -0.138. The first-order chi connectivity index (χ1) is 14.7. The van der Waals surface area contributed by atoms with E-state index in [9.17, 15) is 22.8 Å². The second-order valence-corrected chi connectivity index (χ2v) is 7.26. The minimum Gasteiger partial charge on any atom is -0.475 e. The van der Waals surface area contributed by atoms with Gasteiger partial charge in [0.25, 0.3) is 5.91 Å². The van der Waals surface area contributed by atoms with Gasteiger partial charge in [0.15, 0.2) is 0 Å². The average molecular weight is 457 g/mol. The Morgan fingerprint density at radius 1 is 1.13 bits per heavy atom. The van der Waals surface area contributed by atoms with Crippen LogP contribution in [0.2, 0.25) is 5.02 Å². The molecule has 0 atom stereocenters. The summed E-state index contributed by atoms with van der Waals surface area (Å²) < 4.78 is 43.4. The fourth-order valence-electron chi connectivity index (χ4n) is 3.46. The highest BCUT2D eigenvalue weighted by atomic mass is 35.5. The molecule has 2 aliphatic rings. The number of hydrogen-bond acceptors (Lipinski definition) is 6. The number of nitrogen functional groups attached to an aromatic ring is 1. The molecule has 13 heteroatoms. The maximum atomic E-state index is 13.0. The number of amides is 3. The third-order valence-electron chi connectivity index (χ3n) is 4.85. The summed E-state index contributed by atoms with van der Waals surface area (Å²) in [6.45, 7) is -1.03. The average Bonchev–Trinajstić information content (AvgIpc) is 2.93. The summed E-state index contributed by atoms with van der Waals surface area (Å²) in [5.74, 6) is -0.435. The minimum atomic E-state index is -4.49. The Kier molecular flexibility index (Phi) is 5.25. The molecule has 1 fully saturated rings. The van der Waals surface area contributed by atoms with Gasteiger partial charge in [-0.05, 0) is 18.2 Å². The van der Waals surface area contributed by atoms with Crippen molar-refractivity contribution >= 4 is 40.7 Å². The quantitative estimate of drug-likeness (QED) is 0.761. The number of nitrogens with zero attached hydrogens (tertiary/aromatic N) is 5. The number of carbonyl (C=O) groups is 2. The van der Waals surface area contributed by atoms with Crippen molar-refractivity contribution < 1.29 is 27.5 Å². The van der Waals surface area contributed by atoms with Crippen LogP contribution in [-0.4, -0.2) is 65.8 Å². The second-order valence-electron chi connectivity index (χ2n) is 6.85. The Morgan fingerprint density at radius 3 is 2.61 bits per heavy atom. The first-order valence-corrected chi connectivity index (χ1v) is 9.51. The molecular formula is C18H16ClF3N6O3. The van der Waals surface area contributed by atoms with E-state index >= 15 is 0 Å². The topological polar surface area (TPSA) is 105 Å². The van der Waals surface area contributed by atoms with E-state index in [-0.39, 0.29) is 54.2 Å². The van der Waals surface area contributed by atoms with Gasteiger partial charge >= 0.3 is 12.2 Å². The summed E-state index contributed by atoms with van der Waals surface area (Å²) in [6, 6.07) is 3.70. The number of ether oxygens (including phenoxy) is 1. The van der Waals surface area contributed by atoms with Gasteiger partial charge in [-0.1, -0.05) is 11.6 Å². The van der Waals surface area contributed by atoms with Crippen LogP contribution in [0.3, 0.4) is 0 Å². The van der Waals surface area contributed by atoms with Gasteiger partial charge in [0.2, 0.25) is 5.88 Å². The molecule has 0 bridgehead atoms. The van der Waals surface area contributed by atoms with E-state index in [4.69, 9.17) is 22.1 Å². The van der Waals surface area contributed by atoms with E-state index in [0.717, 1.165) is 0 Å². The maximum absolute atomic E-state index is 13.0. The monoisotopic (exact) mass is 456 g/mol. The number of aromatic nitrogens is 2. The van der Waals surface area contributed by atoms with Crippen LogP contribution in [0, 0.1) is 0 Å². The molecule has 0 aliphatic carbocycles. The molecule has 9 nitrogen and oxygen atoms in total. The zero-order valence-corrected chi connectivity index (χ0v) is 16.7.